The minimum Gasteiger partial charge on any atom is -0.484 e. The van der Waals surface area contributed by atoms with Crippen LogP contribution >= 0.6 is 0 Å². The van der Waals surface area contributed by atoms with Crippen molar-refractivity contribution in [2.45, 2.75) is 6.54 Å². The number of carbonyl (C=O) groups is 2. The van der Waals surface area contributed by atoms with Crippen LogP contribution in [-0.4, -0.2) is 32.4 Å². The zero-order valence-corrected chi connectivity index (χ0v) is 13.6. The summed E-state index contributed by atoms with van der Waals surface area (Å²) in [7, 11) is 1.32. The van der Waals surface area contributed by atoms with Crippen LogP contribution in [0.4, 0.5) is 0 Å². The Kier molecular flexibility index (Phi) is 5.03. The van der Waals surface area contributed by atoms with E-state index in [0.29, 0.717) is 29.4 Å². The molecule has 0 saturated heterocycles. The van der Waals surface area contributed by atoms with Crippen molar-refractivity contribution in [3.05, 3.63) is 53.6 Å². The second-order valence-electron chi connectivity index (χ2n) is 5.27. The summed E-state index contributed by atoms with van der Waals surface area (Å²) in [5.74, 6) is 1.19. The first-order valence-corrected chi connectivity index (χ1v) is 7.62. The van der Waals surface area contributed by atoms with Gasteiger partial charge in [0, 0.05) is 6.54 Å². The summed E-state index contributed by atoms with van der Waals surface area (Å²) in [5, 5.41) is 2.76. The SMILES string of the molecule is COC(=O)c1ccc(OCC(=O)NCc2ccc3c(c2)OCO3)cc1. The molecule has 0 atom stereocenters. The van der Waals surface area contributed by atoms with Crippen molar-refractivity contribution in [3.8, 4) is 17.2 Å². The number of hydrogen-bond donors (Lipinski definition) is 1. The number of ether oxygens (including phenoxy) is 4. The highest BCUT2D eigenvalue weighted by Crippen LogP contribution is 2.32. The molecule has 0 unspecified atom stereocenters. The van der Waals surface area contributed by atoms with E-state index in [9.17, 15) is 9.59 Å². The van der Waals surface area contributed by atoms with E-state index in [0.717, 1.165) is 5.56 Å². The van der Waals surface area contributed by atoms with Crippen LogP contribution in [0.25, 0.3) is 0 Å². The topological polar surface area (TPSA) is 83.1 Å². The first kappa shape index (κ1) is 16.6. The van der Waals surface area contributed by atoms with Gasteiger partial charge in [0.05, 0.1) is 12.7 Å². The molecular weight excluding hydrogens is 326 g/mol. The summed E-state index contributed by atoms with van der Waals surface area (Å²) < 4.78 is 20.5. The number of amides is 1. The molecule has 2 aromatic carbocycles. The number of methoxy groups -OCH3 is 1. The Morgan fingerprint density at radius 3 is 2.60 bits per heavy atom. The van der Waals surface area contributed by atoms with Crippen molar-refractivity contribution < 1.29 is 28.5 Å². The number of hydrogen-bond acceptors (Lipinski definition) is 6. The van der Waals surface area contributed by atoms with Gasteiger partial charge in [-0.15, -0.1) is 0 Å². The largest absolute Gasteiger partial charge is 0.484 e. The van der Waals surface area contributed by atoms with E-state index in [1.807, 2.05) is 18.2 Å². The van der Waals surface area contributed by atoms with Gasteiger partial charge in [0.25, 0.3) is 5.91 Å². The Balaban J connectivity index is 1.46. The second-order valence-corrected chi connectivity index (χ2v) is 5.27. The number of esters is 1. The highest BCUT2D eigenvalue weighted by atomic mass is 16.7. The van der Waals surface area contributed by atoms with Crippen molar-refractivity contribution in [2.75, 3.05) is 20.5 Å². The third-order valence-electron chi connectivity index (χ3n) is 3.57. The molecule has 3 rings (SSSR count). The third-order valence-corrected chi connectivity index (χ3v) is 3.57. The van der Waals surface area contributed by atoms with Crippen LogP contribution in [0.1, 0.15) is 15.9 Å². The lowest BCUT2D eigenvalue weighted by atomic mass is 10.2. The number of carbonyl (C=O) groups excluding carboxylic acids is 2. The van der Waals surface area contributed by atoms with E-state index in [2.05, 4.69) is 10.1 Å². The van der Waals surface area contributed by atoms with Crippen molar-refractivity contribution in [1.82, 2.24) is 5.32 Å². The number of rotatable bonds is 6. The zero-order valence-electron chi connectivity index (χ0n) is 13.6. The molecule has 0 radical (unpaired) electrons. The quantitative estimate of drug-likeness (QED) is 0.807. The molecule has 1 heterocycles. The molecule has 0 spiro atoms. The molecule has 25 heavy (non-hydrogen) atoms. The maximum atomic E-state index is 11.9. The fraction of sp³-hybridized carbons (Fsp3) is 0.222. The highest BCUT2D eigenvalue weighted by molar-refractivity contribution is 5.89. The Hall–Kier alpha value is -3.22. The Bertz CT molecular complexity index is 772. The molecule has 1 aliphatic rings. The molecule has 1 amide bonds. The van der Waals surface area contributed by atoms with Crippen molar-refractivity contribution >= 4 is 11.9 Å². The van der Waals surface area contributed by atoms with Crippen molar-refractivity contribution in [2.24, 2.45) is 0 Å². The van der Waals surface area contributed by atoms with E-state index in [4.69, 9.17) is 14.2 Å². The van der Waals surface area contributed by atoms with Gasteiger partial charge in [0.1, 0.15) is 5.75 Å². The van der Waals surface area contributed by atoms with E-state index in [1.54, 1.807) is 24.3 Å². The van der Waals surface area contributed by atoms with Crippen molar-refractivity contribution in [1.29, 1.82) is 0 Å². The molecule has 1 aliphatic heterocycles. The van der Waals surface area contributed by atoms with Crippen LogP contribution in [0.2, 0.25) is 0 Å². The minimum atomic E-state index is -0.423. The average Bonchev–Trinajstić information content (AvgIpc) is 3.12. The summed E-state index contributed by atoms with van der Waals surface area (Å²) >= 11 is 0. The first-order valence-electron chi connectivity index (χ1n) is 7.62. The van der Waals surface area contributed by atoms with Crippen LogP contribution in [0.5, 0.6) is 17.2 Å². The van der Waals surface area contributed by atoms with Crippen LogP contribution in [-0.2, 0) is 16.1 Å². The molecule has 130 valence electrons. The predicted octanol–water partition coefficient (Wildman–Crippen LogP) is 1.90. The Labute approximate surface area is 144 Å². The number of nitrogens with one attached hydrogen (secondary N) is 1. The van der Waals surface area contributed by atoms with Crippen LogP contribution in [0.15, 0.2) is 42.5 Å². The van der Waals surface area contributed by atoms with Gasteiger partial charge in [-0.1, -0.05) is 6.07 Å². The summed E-state index contributed by atoms with van der Waals surface area (Å²) in [5.41, 5.74) is 1.32. The molecule has 1 N–H and O–H groups in total. The van der Waals surface area contributed by atoms with E-state index in [1.165, 1.54) is 7.11 Å². The fourth-order valence-corrected chi connectivity index (χ4v) is 2.26. The first-order chi connectivity index (χ1) is 12.2. The fourth-order valence-electron chi connectivity index (χ4n) is 2.26. The van der Waals surface area contributed by atoms with E-state index < -0.39 is 5.97 Å². The van der Waals surface area contributed by atoms with Gasteiger partial charge in [-0.25, -0.2) is 4.79 Å². The van der Waals surface area contributed by atoms with Gasteiger partial charge in [-0.2, -0.15) is 0 Å². The lowest BCUT2D eigenvalue weighted by molar-refractivity contribution is -0.123. The summed E-state index contributed by atoms with van der Waals surface area (Å²) in [6, 6.07) is 11.9. The minimum absolute atomic E-state index is 0.123. The molecule has 2 aromatic rings. The highest BCUT2D eigenvalue weighted by Gasteiger charge is 2.13. The molecule has 7 heteroatoms. The van der Waals surface area contributed by atoms with Gasteiger partial charge in [-0.05, 0) is 42.0 Å². The zero-order chi connectivity index (χ0) is 17.6. The molecule has 0 aliphatic carbocycles. The van der Waals surface area contributed by atoms with Gasteiger partial charge in [-0.3, -0.25) is 4.79 Å². The van der Waals surface area contributed by atoms with Gasteiger partial charge in [0.2, 0.25) is 6.79 Å². The maximum Gasteiger partial charge on any atom is 0.337 e. The molecule has 0 saturated carbocycles. The van der Waals surface area contributed by atoms with Gasteiger partial charge < -0.3 is 24.3 Å². The summed E-state index contributed by atoms with van der Waals surface area (Å²) in [6.45, 7) is 0.454. The Morgan fingerprint density at radius 2 is 1.84 bits per heavy atom. The predicted molar refractivity (Wildman–Crippen MR) is 87.7 cm³/mol. The molecule has 0 bridgehead atoms. The monoisotopic (exact) mass is 343 g/mol. The number of fused-ring (bicyclic) bond motifs is 1. The van der Waals surface area contributed by atoms with Crippen LogP contribution in [0.3, 0.4) is 0 Å². The molecular formula is C18H17NO6. The summed E-state index contributed by atoms with van der Waals surface area (Å²) in [6.07, 6.45) is 0. The maximum absolute atomic E-state index is 11.9. The van der Waals surface area contributed by atoms with Crippen LogP contribution in [0, 0.1) is 0 Å². The molecule has 0 fully saturated rings. The molecule has 0 aromatic heterocycles. The lowest BCUT2D eigenvalue weighted by Gasteiger charge is -2.08. The number of benzene rings is 2. The smallest absolute Gasteiger partial charge is 0.337 e. The second kappa shape index (κ2) is 7.57. The third kappa shape index (κ3) is 4.20. The van der Waals surface area contributed by atoms with Gasteiger partial charge in [0.15, 0.2) is 18.1 Å². The normalized spacial score (nSPS) is 11.7. The molecule has 7 nitrogen and oxygen atoms in total. The standard InChI is InChI=1S/C18H17NO6/c1-22-18(21)13-3-5-14(6-4-13)23-10-17(20)19-9-12-2-7-15-16(8-12)25-11-24-15/h2-8H,9-11H2,1H3,(H,19,20). The average molecular weight is 343 g/mol. The lowest BCUT2D eigenvalue weighted by Crippen LogP contribution is -2.28. The van der Waals surface area contributed by atoms with E-state index >= 15 is 0 Å². The van der Waals surface area contributed by atoms with E-state index in [-0.39, 0.29) is 19.3 Å². The Morgan fingerprint density at radius 1 is 1.08 bits per heavy atom. The summed E-state index contributed by atoms with van der Waals surface area (Å²) in [4.78, 5) is 23.2. The van der Waals surface area contributed by atoms with Crippen molar-refractivity contribution in [3.63, 3.8) is 0 Å². The van der Waals surface area contributed by atoms with Gasteiger partial charge >= 0.3 is 5.97 Å². The van der Waals surface area contributed by atoms with Crippen LogP contribution < -0.4 is 19.5 Å².